The highest BCUT2D eigenvalue weighted by molar-refractivity contribution is 7.90. The van der Waals surface area contributed by atoms with Gasteiger partial charge in [-0.1, -0.05) is 12.1 Å². The molecule has 2 unspecified atom stereocenters. The third-order valence-electron chi connectivity index (χ3n) is 5.23. The number of benzene rings is 1. The molecule has 0 amide bonds. The first-order chi connectivity index (χ1) is 11.8. The van der Waals surface area contributed by atoms with Crippen LogP contribution < -0.4 is 4.90 Å². The molecule has 0 saturated carbocycles. The summed E-state index contributed by atoms with van der Waals surface area (Å²) in [7, 11) is -3.20. The Bertz CT molecular complexity index is 674. The highest BCUT2D eigenvalue weighted by atomic mass is 32.2. The lowest BCUT2D eigenvalue weighted by Gasteiger charge is -2.40. The summed E-state index contributed by atoms with van der Waals surface area (Å²) < 4.78 is 29.9. The lowest BCUT2D eigenvalue weighted by atomic mass is 9.95. The Balaban J connectivity index is 1.59. The molecule has 3 rings (SSSR count). The van der Waals surface area contributed by atoms with Crippen LogP contribution in [0.1, 0.15) is 26.7 Å². The zero-order chi connectivity index (χ0) is 18.0. The number of nitrogens with zero attached hydrogens (tertiary/aromatic N) is 2. The van der Waals surface area contributed by atoms with Crippen molar-refractivity contribution >= 4 is 15.5 Å². The molecule has 140 valence electrons. The van der Waals surface area contributed by atoms with E-state index in [1.54, 1.807) is 12.1 Å². The molecule has 1 aromatic rings. The summed E-state index contributed by atoms with van der Waals surface area (Å²) in [4.78, 5) is 5.21. The van der Waals surface area contributed by atoms with E-state index in [1.807, 2.05) is 12.1 Å². The van der Waals surface area contributed by atoms with Crippen molar-refractivity contribution < 1.29 is 13.2 Å². The van der Waals surface area contributed by atoms with E-state index in [9.17, 15) is 8.42 Å². The maximum atomic E-state index is 12.0. The second kappa shape index (κ2) is 7.64. The number of sulfone groups is 1. The minimum absolute atomic E-state index is 0.311. The monoisotopic (exact) mass is 366 g/mol. The van der Waals surface area contributed by atoms with Crippen molar-refractivity contribution in [1.29, 1.82) is 0 Å². The molecule has 2 fully saturated rings. The van der Waals surface area contributed by atoms with Gasteiger partial charge in [0.15, 0.2) is 9.84 Å². The van der Waals surface area contributed by atoms with Crippen molar-refractivity contribution in [1.82, 2.24) is 4.90 Å². The highest BCUT2D eigenvalue weighted by Gasteiger charge is 2.28. The topological polar surface area (TPSA) is 49.9 Å². The molecular weight excluding hydrogens is 336 g/mol. The first-order valence-corrected chi connectivity index (χ1v) is 11.1. The Morgan fingerprint density at radius 2 is 1.68 bits per heavy atom. The molecule has 25 heavy (non-hydrogen) atoms. The Kier molecular flexibility index (Phi) is 5.71. The third kappa shape index (κ3) is 4.74. The summed E-state index contributed by atoms with van der Waals surface area (Å²) in [5.41, 5.74) is 0.858. The van der Waals surface area contributed by atoms with Crippen LogP contribution in [0.5, 0.6) is 0 Å². The number of rotatable bonds is 4. The van der Waals surface area contributed by atoms with E-state index < -0.39 is 9.84 Å². The Labute approximate surface area is 151 Å². The lowest BCUT2D eigenvalue weighted by Crippen LogP contribution is -2.48. The van der Waals surface area contributed by atoms with Crippen LogP contribution in [-0.2, 0) is 14.6 Å². The predicted molar refractivity (Wildman–Crippen MR) is 101 cm³/mol. The zero-order valence-corrected chi connectivity index (χ0v) is 16.3. The number of morpholine rings is 1. The van der Waals surface area contributed by atoms with Gasteiger partial charge >= 0.3 is 0 Å². The largest absolute Gasteiger partial charge is 0.373 e. The van der Waals surface area contributed by atoms with Gasteiger partial charge in [0.1, 0.15) is 0 Å². The molecule has 0 N–H and O–H groups in total. The molecule has 0 bridgehead atoms. The van der Waals surface area contributed by atoms with E-state index in [-0.39, 0.29) is 0 Å². The van der Waals surface area contributed by atoms with E-state index in [0.717, 1.165) is 51.3 Å². The molecule has 0 aliphatic carbocycles. The zero-order valence-electron chi connectivity index (χ0n) is 15.5. The average molecular weight is 367 g/mol. The van der Waals surface area contributed by atoms with Crippen LogP contribution in [0, 0.1) is 5.92 Å². The third-order valence-corrected chi connectivity index (χ3v) is 6.38. The van der Waals surface area contributed by atoms with Crippen molar-refractivity contribution in [3.63, 3.8) is 0 Å². The van der Waals surface area contributed by atoms with E-state index in [1.165, 1.54) is 6.26 Å². The highest BCUT2D eigenvalue weighted by Crippen LogP contribution is 2.29. The molecule has 2 aliphatic rings. The number of piperidine rings is 1. The molecule has 0 radical (unpaired) electrons. The minimum Gasteiger partial charge on any atom is -0.373 e. The summed E-state index contributed by atoms with van der Waals surface area (Å²) in [5, 5.41) is 0. The summed E-state index contributed by atoms with van der Waals surface area (Å²) in [5.74, 6) is 0.680. The molecule has 2 atom stereocenters. The summed E-state index contributed by atoms with van der Waals surface area (Å²) in [6.45, 7) is 9.29. The molecule has 2 aliphatic heterocycles. The van der Waals surface area contributed by atoms with Gasteiger partial charge in [-0.15, -0.1) is 0 Å². The van der Waals surface area contributed by atoms with Gasteiger partial charge in [0.05, 0.1) is 22.8 Å². The van der Waals surface area contributed by atoms with Crippen LogP contribution in [0.15, 0.2) is 29.2 Å². The van der Waals surface area contributed by atoms with E-state index in [4.69, 9.17) is 4.74 Å². The smallest absolute Gasteiger partial charge is 0.177 e. The van der Waals surface area contributed by atoms with Crippen LogP contribution in [0.25, 0.3) is 0 Å². The quantitative estimate of drug-likeness (QED) is 0.819. The molecule has 2 heterocycles. The molecule has 6 heteroatoms. The number of hydrogen-bond donors (Lipinski definition) is 0. The van der Waals surface area contributed by atoms with E-state index >= 15 is 0 Å². The fourth-order valence-corrected chi connectivity index (χ4v) is 5.09. The molecule has 2 saturated heterocycles. The van der Waals surface area contributed by atoms with Gasteiger partial charge in [-0.25, -0.2) is 8.42 Å². The van der Waals surface area contributed by atoms with Crippen LogP contribution >= 0.6 is 0 Å². The Hall–Kier alpha value is -1.11. The van der Waals surface area contributed by atoms with E-state index in [0.29, 0.717) is 23.0 Å². The van der Waals surface area contributed by atoms with Crippen LogP contribution in [-0.4, -0.2) is 64.5 Å². The molecule has 0 spiro atoms. The maximum absolute atomic E-state index is 12.0. The second-order valence-corrected chi connectivity index (χ2v) is 9.63. The first kappa shape index (κ1) is 18.7. The summed E-state index contributed by atoms with van der Waals surface area (Å²) >= 11 is 0. The van der Waals surface area contributed by atoms with Crippen molar-refractivity contribution in [3.8, 4) is 0 Å². The van der Waals surface area contributed by atoms with Crippen molar-refractivity contribution in [2.45, 2.75) is 43.8 Å². The van der Waals surface area contributed by atoms with Gasteiger partial charge in [-0.05, 0) is 44.7 Å². The minimum atomic E-state index is -3.20. The number of para-hydroxylation sites is 1. The fraction of sp³-hybridized carbons (Fsp3) is 0.684. The molecular formula is C19H30N2O3S. The standard InChI is InChI=1S/C19H30N2O3S/c1-15-12-20(13-16(2)24-15)14-17-8-10-21(11-9-17)18-6-4-5-7-19(18)25(3,22)23/h4-7,15-17H,8-14H2,1-3H3. The number of anilines is 1. The fourth-order valence-electron chi connectivity index (χ4n) is 4.19. The van der Waals surface area contributed by atoms with Gasteiger partial charge in [0.25, 0.3) is 0 Å². The number of hydrogen-bond acceptors (Lipinski definition) is 5. The van der Waals surface area contributed by atoms with Gasteiger partial charge in [0, 0.05) is 39.0 Å². The lowest BCUT2D eigenvalue weighted by molar-refractivity contribution is -0.0720. The van der Waals surface area contributed by atoms with Crippen molar-refractivity contribution in [3.05, 3.63) is 24.3 Å². The van der Waals surface area contributed by atoms with Gasteiger partial charge in [0.2, 0.25) is 0 Å². The van der Waals surface area contributed by atoms with Crippen molar-refractivity contribution in [2.24, 2.45) is 5.92 Å². The maximum Gasteiger partial charge on any atom is 0.177 e. The van der Waals surface area contributed by atoms with Gasteiger partial charge < -0.3 is 9.64 Å². The molecule has 5 nitrogen and oxygen atoms in total. The summed E-state index contributed by atoms with van der Waals surface area (Å²) in [6.07, 6.45) is 4.13. The van der Waals surface area contributed by atoms with Crippen LogP contribution in [0.3, 0.4) is 0 Å². The normalized spacial score (nSPS) is 26.8. The van der Waals surface area contributed by atoms with Crippen LogP contribution in [0.4, 0.5) is 5.69 Å². The molecule has 1 aromatic carbocycles. The average Bonchev–Trinajstić information content (AvgIpc) is 2.54. The van der Waals surface area contributed by atoms with Gasteiger partial charge in [-0.2, -0.15) is 0 Å². The molecule has 0 aromatic heterocycles. The van der Waals surface area contributed by atoms with Crippen LogP contribution in [0.2, 0.25) is 0 Å². The predicted octanol–water partition coefficient (Wildman–Crippen LogP) is 2.42. The number of ether oxygens (including phenoxy) is 1. The second-order valence-electron chi connectivity index (χ2n) is 7.65. The Morgan fingerprint density at radius 3 is 2.28 bits per heavy atom. The SMILES string of the molecule is CC1CN(CC2CCN(c3ccccc3S(C)(=O)=O)CC2)CC(C)O1. The van der Waals surface area contributed by atoms with Gasteiger partial charge in [-0.3, -0.25) is 4.90 Å². The summed E-state index contributed by atoms with van der Waals surface area (Å²) in [6, 6.07) is 7.37. The van der Waals surface area contributed by atoms with E-state index in [2.05, 4.69) is 23.6 Å². The first-order valence-electron chi connectivity index (χ1n) is 9.25. The Morgan fingerprint density at radius 1 is 1.08 bits per heavy atom. The van der Waals surface area contributed by atoms with Crippen molar-refractivity contribution in [2.75, 3.05) is 43.9 Å².